The van der Waals surface area contributed by atoms with Crippen LogP contribution in [0.3, 0.4) is 0 Å². The molecule has 6 heteroatoms. The van der Waals surface area contributed by atoms with Gasteiger partial charge in [-0.3, -0.25) is 14.7 Å². The SMILES string of the molecule is COC(=O)CN1CCN(c2ccc(C#N)c3ncccc23)CC1C. The second-order valence-corrected chi connectivity index (χ2v) is 5.99. The average molecular weight is 324 g/mol. The van der Waals surface area contributed by atoms with E-state index in [0.717, 1.165) is 36.2 Å². The van der Waals surface area contributed by atoms with Crippen LogP contribution in [-0.4, -0.2) is 55.2 Å². The summed E-state index contributed by atoms with van der Waals surface area (Å²) in [6.45, 7) is 4.85. The van der Waals surface area contributed by atoms with Crippen LogP contribution in [-0.2, 0) is 9.53 Å². The molecule has 0 aliphatic carbocycles. The minimum Gasteiger partial charge on any atom is -0.468 e. The molecule has 0 N–H and O–H groups in total. The molecule has 1 saturated heterocycles. The van der Waals surface area contributed by atoms with Gasteiger partial charge in [0.15, 0.2) is 0 Å². The second-order valence-electron chi connectivity index (χ2n) is 5.99. The van der Waals surface area contributed by atoms with Crippen molar-refractivity contribution in [2.75, 3.05) is 38.2 Å². The molecule has 1 aliphatic heterocycles. The third kappa shape index (κ3) is 3.03. The first-order valence-corrected chi connectivity index (χ1v) is 7.97. The Morgan fingerprint density at radius 3 is 2.96 bits per heavy atom. The van der Waals surface area contributed by atoms with Crippen molar-refractivity contribution in [1.82, 2.24) is 9.88 Å². The lowest BCUT2D eigenvalue weighted by Crippen LogP contribution is -2.53. The number of piperazine rings is 1. The predicted molar refractivity (Wildman–Crippen MR) is 91.7 cm³/mol. The molecule has 6 nitrogen and oxygen atoms in total. The molecule has 24 heavy (non-hydrogen) atoms. The molecule has 1 aromatic heterocycles. The molecule has 1 atom stereocenters. The Bertz CT molecular complexity index is 799. The standard InChI is InChI=1S/C18H20N4O2/c1-13-11-22(9-8-21(13)12-17(23)24-2)16-6-5-14(10-19)18-15(16)4-3-7-20-18/h3-7,13H,8-9,11-12H2,1-2H3. The lowest BCUT2D eigenvalue weighted by Gasteiger charge is -2.40. The Hall–Kier alpha value is -2.65. The molecule has 1 fully saturated rings. The van der Waals surface area contributed by atoms with Gasteiger partial charge in [-0.2, -0.15) is 5.26 Å². The highest BCUT2D eigenvalue weighted by Crippen LogP contribution is 2.29. The zero-order valence-electron chi connectivity index (χ0n) is 13.9. The van der Waals surface area contributed by atoms with E-state index in [1.54, 1.807) is 6.20 Å². The summed E-state index contributed by atoms with van der Waals surface area (Å²) in [5, 5.41) is 10.3. The Labute approximate surface area is 141 Å². The molecule has 0 spiro atoms. The first-order valence-electron chi connectivity index (χ1n) is 7.97. The number of pyridine rings is 1. The van der Waals surface area contributed by atoms with Crippen molar-refractivity contribution in [3.05, 3.63) is 36.0 Å². The molecule has 1 unspecified atom stereocenters. The number of rotatable bonds is 3. The Morgan fingerprint density at radius 1 is 1.42 bits per heavy atom. The fraction of sp³-hybridized carbons (Fsp3) is 0.389. The van der Waals surface area contributed by atoms with E-state index in [0.29, 0.717) is 12.1 Å². The number of nitriles is 1. The number of hydrogen-bond acceptors (Lipinski definition) is 6. The van der Waals surface area contributed by atoms with Crippen LogP contribution >= 0.6 is 0 Å². The minimum absolute atomic E-state index is 0.205. The minimum atomic E-state index is -0.205. The van der Waals surface area contributed by atoms with E-state index in [-0.39, 0.29) is 12.0 Å². The molecule has 1 aromatic carbocycles. The molecular weight excluding hydrogens is 304 g/mol. The quantitative estimate of drug-likeness (QED) is 0.802. The van der Waals surface area contributed by atoms with Crippen molar-refractivity contribution >= 4 is 22.6 Å². The highest BCUT2D eigenvalue weighted by molar-refractivity contribution is 5.95. The highest BCUT2D eigenvalue weighted by atomic mass is 16.5. The smallest absolute Gasteiger partial charge is 0.319 e. The number of anilines is 1. The number of hydrogen-bond donors (Lipinski definition) is 0. The maximum absolute atomic E-state index is 11.5. The van der Waals surface area contributed by atoms with Crippen molar-refractivity contribution in [2.45, 2.75) is 13.0 Å². The number of benzene rings is 1. The van der Waals surface area contributed by atoms with Crippen LogP contribution in [0.25, 0.3) is 10.9 Å². The van der Waals surface area contributed by atoms with Crippen LogP contribution in [0.2, 0.25) is 0 Å². The van der Waals surface area contributed by atoms with Gasteiger partial charge >= 0.3 is 5.97 Å². The van der Waals surface area contributed by atoms with Gasteiger partial charge in [0.05, 0.1) is 24.7 Å². The van der Waals surface area contributed by atoms with E-state index in [4.69, 9.17) is 4.74 Å². The van der Waals surface area contributed by atoms with Crippen molar-refractivity contribution < 1.29 is 9.53 Å². The maximum Gasteiger partial charge on any atom is 0.319 e. The molecule has 0 amide bonds. The maximum atomic E-state index is 11.5. The van der Waals surface area contributed by atoms with E-state index in [9.17, 15) is 10.1 Å². The number of fused-ring (bicyclic) bond motifs is 1. The number of carbonyl (C=O) groups excluding carboxylic acids is 1. The van der Waals surface area contributed by atoms with Crippen LogP contribution in [0, 0.1) is 11.3 Å². The van der Waals surface area contributed by atoms with Gasteiger partial charge in [0.25, 0.3) is 0 Å². The molecule has 0 bridgehead atoms. The summed E-state index contributed by atoms with van der Waals surface area (Å²) in [5.74, 6) is -0.205. The summed E-state index contributed by atoms with van der Waals surface area (Å²) in [6.07, 6.45) is 1.71. The topological polar surface area (TPSA) is 69.5 Å². The second kappa shape index (κ2) is 6.85. The van der Waals surface area contributed by atoms with Crippen LogP contribution < -0.4 is 4.90 Å². The zero-order chi connectivity index (χ0) is 17.1. The number of methoxy groups -OCH3 is 1. The summed E-state index contributed by atoms with van der Waals surface area (Å²) in [5.41, 5.74) is 2.41. The van der Waals surface area contributed by atoms with Crippen LogP contribution in [0.5, 0.6) is 0 Å². The lowest BCUT2D eigenvalue weighted by atomic mass is 10.1. The van der Waals surface area contributed by atoms with Gasteiger partial charge in [-0.1, -0.05) is 0 Å². The number of nitrogens with zero attached hydrogens (tertiary/aromatic N) is 4. The van der Waals surface area contributed by atoms with E-state index in [1.807, 2.05) is 24.3 Å². The Morgan fingerprint density at radius 2 is 2.25 bits per heavy atom. The molecule has 1 aliphatic rings. The van der Waals surface area contributed by atoms with Crippen molar-refractivity contribution in [3.8, 4) is 6.07 Å². The zero-order valence-corrected chi connectivity index (χ0v) is 13.9. The molecular formula is C18H20N4O2. The van der Waals surface area contributed by atoms with Gasteiger partial charge in [-0.25, -0.2) is 0 Å². The van der Waals surface area contributed by atoms with E-state index >= 15 is 0 Å². The van der Waals surface area contributed by atoms with Crippen LogP contribution in [0.4, 0.5) is 5.69 Å². The normalized spacial score (nSPS) is 18.4. The summed E-state index contributed by atoms with van der Waals surface area (Å²) < 4.78 is 4.76. The summed E-state index contributed by atoms with van der Waals surface area (Å²) in [7, 11) is 1.42. The Kier molecular flexibility index (Phi) is 4.63. The lowest BCUT2D eigenvalue weighted by molar-refractivity contribution is -0.142. The molecule has 0 radical (unpaired) electrons. The fourth-order valence-electron chi connectivity index (χ4n) is 3.20. The number of carbonyl (C=O) groups is 1. The monoisotopic (exact) mass is 324 g/mol. The fourth-order valence-corrected chi connectivity index (χ4v) is 3.20. The van der Waals surface area contributed by atoms with E-state index < -0.39 is 0 Å². The Balaban J connectivity index is 1.86. The van der Waals surface area contributed by atoms with Gasteiger partial charge in [0.1, 0.15) is 6.07 Å². The molecule has 3 rings (SSSR count). The summed E-state index contributed by atoms with van der Waals surface area (Å²) in [4.78, 5) is 20.3. The molecule has 124 valence electrons. The predicted octanol–water partition coefficient (Wildman–Crippen LogP) is 1.79. The van der Waals surface area contributed by atoms with Crippen molar-refractivity contribution in [3.63, 3.8) is 0 Å². The average Bonchev–Trinajstić information content (AvgIpc) is 2.62. The van der Waals surface area contributed by atoms with E-state index in [1.165, 1.54) is 7.11 Å². The highest BCUT2D eigenvalue weighted by Gasteiger charge is 2.26. The van der Waals surface area contributed by atoms with Crippen molar-refractivity contribution in [2.24, 2.45) is 0 Å². The van der Waals surface area contributed by atoms with Gasteiger partial charge in [-0.05, 0) is 31.2 Å². The molecule has 2 aromatic rings. The van der Waals surface area contributed by atoms with Crippen molar-refractivity contribution in [1.29, 1.82) is 5.26 Å². The largest absolute Gasteiger partial charge is 0.468 e. The van der Waals surface area contributed by atoms with Gasteiger partial charge in [0.2, 0.25) is 0 Å². The molecule has 2 heterocycles. The van der Waals surface area contributed by atoms with Crippen LogP contribution in [0.1, 0.15) is 12.5 Å². The third-order valence-electron chi connectivity index (χ3n) is 4.53. The first-order chi connectivity index (χ1) is 11.6. The number of ether oxygens (including phenoxy) is 1. The number of aromatic nitrogens is 1. The third-order valence-corrected chi connectivity index (χ3v) is 4.53. The number of esters is 1. The summed E-state index contributed by atoms with van der Waals surface area (Å²) in [6, 6.07) is 10.2. The molecule has 0 saturated carbocycles. The van der Waals surface area contributed by atoms with Crippen LogP contribution in [0.15, 0.2) is 30.5 Å². The van der Waals surface area contributed by atoms with Gasteiger partial charge in [-0.15, -0.1) is 0 Å². The van der Waals surface area contributed by atoms with Gasteiger partial charge in [0, 0.05) is 42.9 Å². The summed E-state index contributed by atoms with van der Waals surface area (Å²) >= 11 is 0. The van der Waals surface area contributed by atoms with E-state index in [2.05, 4.69) is 27.8 Å². The first kappa shape index (κ1) is 16.2. The van der Waals surface area contributed by atoms with Gasteiger partial charge < -0.3 is 9.64 Å².